The van der Waals surface area contributed by atoms with Gasteiger partial charge in [0.25, 0.3) is 0 Å². The fourth-order valence-electron chi connectivity index (χ4n) is 1.78. The molecule has 15 heavy (non-hydrogen) atoms. The van der Waals surface area contributed by atoms with Crippen LogP contribution in [0.3, 0.4) is 0 Å². The van der Waals surface area contributed by atoms with E-state index in [4.69, 9.17) is 5.73 Å². The Labute approximate surface area is 88.9 Å². The van der Waals surface area contributed by atoms with Gasteiger partial charge in [-0.05, 0) is 24.5 Å². The highest BCUT2D eigenvalue weighted by molar-refractivity contribution is 5.82. The molecular weight excluding hydrogens is 188 g/mol. The van der Waals surface area contributed by atoms with Crippen LogP contribution in [0.5, 0.6) is 0 Å². The number of aromatic amines is 1. The number of aryl methyl sites for hydroxylation is 1. The lowest BCUT2D eigenvalue weighted by Crippen LogP contribution is -2.19. The van der Waals surface area contributed by atoms with Gasteiger partial charge in [-0.25, -0.2) is 0 Å². The van der Waals surface area contributed by atoms with Gasteiger partial charge < -0.3 is 15.8 Å². The van der Waals surface area contributed by atoms with Crippen LogP contribution in [0.1, 0.15) is 12.0 Å². The number of fused-ring (bicyclic) bond motifs is 1. The van der Waals surface area contributed by atoms with Crippen LogP contribution in [-0.4, -0.2) is 22.7 Å². The molecule has 3 heteroatoms. The zero-order valence-corrected chi connectivity index (χ0v) is 8.61. The van der Waals surface area contributed by atoms with Gasteiger partial charge in [0.2, 0.25) is 0 Å². The third-order valence-electron chi connectivity index (χ3n) is 2.69. The van der Waals surface area contributed by atoms with Crippen LogP contribution < -0.4 is 5.73 Å². The summed E-state index contributed by atoms with van der Waals surface area (Å²) in [5, 5.41) is 10.6. The fraction of sp³-hybridized carbons (Fsp3) is 0.333. The second kappa shape index (κ2) is 4.47. The number of H-pyrrole nitrogens is 1. The molecule has 0 radical (unpaired) electrons. The number of hydrogen-bond acceptors (Lipinski definition) is 2. The molecule has 2 rings (SSSR count). The number of nitrogens with one attached hydrogen (secondary N) is 1. The first-order valence-corrected chi connectivity index (χ1v) is 5.24. The summed E-state index contributed by atoms with van der Waals surface area (Å²) in [6, 6.07) is 8.19. The Morgan fingerprint density at radius 3 is 2.93 bits per heavy atom. The summed E-state index contributed by atoms with van der Waals surface area (Å²) in [7, 11) is 0. The van der Waals surface area contributed by atoms with Crippen molar-refractivity contribution in [3.8, 4) is 0 Å². The van der Waals surface area contributed by atoms with E-state index < -0.39 is 6.10 Å². The average Bonchev–Trinajstić information content (AvgIpc) is 2.69. The van der Waals surface area contributed by atoms with Gasteiger partial charge in [0, 0.05) is 23.6 Å². The van der Waals surface area contributed by atoms with Crippen molar-refractivity contribution in [1.82, 2.24) is 4.98 Å². The van der Waals surface area contributed by atoms with E-state index in [2.05, 4.69) is 17.1 Å². The van der Waals surface area contributed by atoms with E-state index in [1.807, 2.05) is 18.3 Å². The van der Waals surface area contributed by atoms with Crippen LogP contribution in [0.4, 0.5) is 0 Å². The quantitative estimate of drug-likeness (QED) is 0.705. The minimum Gasteiger partial charge on any atom is -0.392 e. The maximum Gasteiger partial charge on any atom is 0.0665 e. The first-order valence-electron chi connectivity index (χ1n) is 5.24. The molecular formula is C12H16N2O. The topological polar surface area (TPSA) is 62.0 Å². The fourth-order valence-corrected chi connectivity index (χ4v) is 1.78. The van der Waals surface area contributed by atoms with E-state index >= 15 is 0 Å². The first kappa shape index (κ1) is 10.2. The normalized spacial score (nSPS) is 13.2. The van der Waals surface area contributed by atoms with Crippen molar-refractivity contribution in [2.24, 2.45) is 5.73 Å². The van der Waals surface area contributed by atoms with E-state index in [0.29, 0.717) is 6.54 Å². The molecule has 1 atom stereocenters. The van der Waals surface area contributed by atoms with Crippen molar-refractivity contribution in [3.63, 3.8) is 0 Å². The van der Waals surface area contributed by atoms with E-state index in [-0.39, 0.29) is 0 Å². The Kier molecular flexibility index (Phi) is 3.04. The van der Waals surface area contributed by atoms with E-state index in [9.17, 15) is 5.11 Å². The molecule has 0 aliphatic carbocycles. The minimum atomic E-state index is -0.390. The molecule has 1 heterocycles. The van der Waals surface area contributed by atoms with Gasteiger partial charge in [-0.15, -0.1) is 0 Å². The van der Waals surface area contributed by atoms with Gasteiger partial charge >= 0.3 is 0 Å². The van der Waals surface area contributed by atoms with E-state index in [0.717, 1.165) is 18.4 Å². The van der Waals surface area contributed by atoms with Crippen molar-refractivity contribution >= 4 is 10.9 Å². The van der Waals surface area contributed by atoms with Crippen LogP contribution in [0.2, 0.25) is 0 Å². The molecule has 4 N–H and O–H groups in total. The third kappa shape index (κ3) is 2.19. The molecule has 0 fully saturated rings. The summed E-state index contributed by atoms with van der Waals surface area (Å²) < 4.78 is 0. The van der Waals surface area contributed by atoms with Gasteiger partial charge in [-0.2, -0.15) is 0 Å². The number of nitrogens with two attached hydrogens (primary N) is 1. The van der Waals surface area contributed by atoms with Crippen LogP contribution >= 0.6 is 0 Å². The Hall–Kier alpha value is -1.32. The summed E-state index contributed by atoms with van der Waals surface area (Å²) in [5.74, 6) is 0. The molecule has 0 aliphatic rings. The molecule has 1 aromatic heterocycles. The van der Waals surface area contributed by atoms with Gasteiger partial charge in [-0.1, -0.05) is 18.2 Å². The number of rotatable bonds is 4. The largest absolute Gasteiger partial charge is 0.392 e. The lowest BCUT2D eigenvalue weighted by atomic mass is 10.1. The molecule has 0 spiro atoms. The van der Waals surface area contributed by atoms with Crippen molar-refractivity contribution < 1.29 is 5.11 Å². The summed E-state index contributed by atoms with van der Waals surface area (Å²) in [6.45, 7) is 0.336. The van der Waals surface area contributed by atoms with Gasteiger partial charge in [0.15, 0.2) is 0 Å². The number of benzene rings is 1. The number of aliphatic hydroxyl groups is 1. The molecule has 0 aliphatic heterocycles. The highest BCUT2D eigenvalue weighted by atomic mass is 16.3. The lowest BCUT2D eigenvalue weighted by Gasteiger charge is -2.05. The monoisotopic (exact) mass is 204 g/mol. The number of hydrogen-bond donors (Lipinski definition) is 3. The van der Waals surface area contributed by atoms with Crippen LogP contribution in [-0.2, 0) is 6.42 Å². The molecule has 0 bridgehead atoms. The summed E-state index contributed by atoms with van der Waals surface area (Å²) >= 11 is 0. The second-order valence-corrected chi connectivity index (χ2v) is 3.79. The zero-order chi connectivity index (χ0) is 10.7. The minimum absolute atomic E-state index is 0.336. The Balaban J connectivity index is 2.14. The molecule has 1 aromatic carbocycles. The average molecular weight is 204 g/mol. The van der Waals surface area contributed by atoms with Crippen LogP contribution in [0.15, 0.2) is 30.5 Å². The first-order chi connectivity index (χ1) is 7.31. The Morgan fingerprint density at radius 2 is 2.13 bits per heavy atom. The standard InChI is InChI=1S/C12H16N2O/c13-7-10(15)6-5-9-8-14-12-4-2-1-3-11(9)12/h1-4,8,10,14-15H,5-7,13H2/t10-/m0/s1. The molecule has 0 saturated heterocycles. The molecule has 0 saturated carbocycles. The maximum atomic E-state index is 9.39. The molecule has 2 aromatic rings. The second-order valence-electron chi connectivity index (χ2n) is 3.79. The van der Waals surface area contributed by atoms with Gasteiger partial charge in [0.1, 0.15) is 0 Å². The number of para-hydroxylation sites is 1. The highest BCUT2D eigenvalue weighted by Gasteiger charge is 2.05. The molecule has 0 unspecified atom stereocenters. The smallest absolute Gasteiger partial charge is 0.0665 e. The SMILES string of the molecule is NC[C@@H](O)CCc1c[nH]c2ccccc12. The third-order valence-corrected chi connectivity index (χ3v) is 2.69. The van der Waals surface area contributed by atoms with Crippen LogP contribution in [0, 0.1) is 0 Å². The molecule has 3 nitrogen and oxygen atoms in total. The highest BCUT2D eigenvalue weighted by Crippen LogP contribution is 2.19. The Morgan fingerprint density at radius 1 is 1.33 bits per heavy atom. The Bertz CT molecular complexity index is 436. The summed E-state index contributed by atoms with van der Waals surface area (Å²) in [5.41, 5.74) is 7.76. The predicted octanol–water partition coefficient (Wildman–Crippen LogP) is 1.42. The number of aliphatic hydroxyl groups excluding tert-OH is 1. The van der Waals surface area contributed by atoms with Crippen molar-refractivity contribution in [2.75, 3.05) is 6.54 Å². The zero-order valence-electron chi connectivity index (χ0n) is 8.61. The van der Waals surface area contributed by atoms with E-state index in [1.54, 1.807) is 0 Å². The van der Waals surface area contributed by atoms with Crippen molar-refractivity contribution in [3.05, 3.63) is 36.0 Å². The van der Waals surface area contributed by atoms with Gasteiger partial charge in [-0.3, -0.25) is 0 Å². The van der Waals surface area contributed by atoms with E-state index in [1.165, 1.54) is 10.9 Å². The lowest BCUT2D eigenvalue weighted by molar-refractivity contribution is 0.173. The van der Waals surface area contributed by atoms with Gasteiger partial charge in [0.05, 0.1) is 6.10 Å². The summed E-state index contributed by atoms with van der Waals surface area (Å²) in [6.07, 6.45) is 3.20. The predicted molar refractivity (Wildman–Crippen MR) is 61.7 cm³/mol. The summed E-state index contributed by atoms with van der Waals surface area (Å²) in [4.78, 5) is 3.22. The van der Waals surface area contributed by atoms with Crippen molar-refractivity contribution in [1.29, 1.82) is 0 Å². The van der Waals surface area contributed by atoms with Crippen LogP contribution in [0.25, 0.3) is 10.9 Å². The number of aromatic nitrogens is 1. The molecule has 80 valence electrons. The molecule has 0 amide bonds. The maximum absolute atomic E-state index is 9.39. The van der Waals surface area contributed by atoms with Crippen molar-refractivity contribution in [2.45, 2.75) is 18.9 Å².